The van der Waals surface area contributed by atoms with Crippen molar-refractivity contribution in [2.75, 3.05) is 0 Å². The predicted octanol–water partition coefficient (Wildman–Crippen LogP) is 4.07. The third kappa shape index (κ3) is 3.06. The average molecular weight is 278 g/mol. The molecule has 3 nitrogen and oxygen atoms in total. The number of pyridine rings is 1. The van der Waals surface area contributed by atoms with Crippen LogP contribution in [0.25, 0.3) is 0 Å². The predicted molar refractivity (Wildman–Crippen MR) is 65.2 cm³/mol. The Labute approximate surface area is 113 Å². The monoisotopic (exact) mass is 278 g/mol. The lowest BCUT2D eigenvalue weighted by Gasteiger charge is -2.10. The van der Waals surface area contributed by atoms with Gasteiger partial charge in [0.1, 0.15) is 17.6 Å². The van der Waals surface area contributed by atoms with Crippen LogP contribution in [0.15, 0.2) is 36.5 Å². The molecule has 1 heterocycles. The number of benzene rings is 1. The second kappa shape index (κ2) is 5.21. The van der Waals surface area contributed by atoms with Crippen LogP contribution in [0.4, 0.5) is 13.2 Å². The van der Waals surface area contributed by atoms with Crippen LogP contribution in [0, 0.1) is 18.3 Å². The van der Waals surface area contributed by atoms with Crippen molar-refractivity contribution in [1.29, 1.82) is 5.26 Å². The topological polar surface area (TPSA) is 45.9 Å². The molecular formula is C14H9F3N2O. The molecule has 0 bridgehead atoms. The molecule has 0 fully saturated rings. The van der Waals surface area contributed by atoms with Crippen LogP contribution in [0.1, 0.15) is 16.8 Å². The highest BCUT2D eigenvalue weighted by Gasteiger charge is 2.31. The number of nitriles is 1. The number of aromatic nitrogens is 1. The second-order valence-corrected chi connectivity index (χ2v) is 4.06. The van der Waals surface area contributed by atoms with Crippen molar-refractivity contribution in [3.05, 3.63) is 53.3 Å². The third-order valence-corrected chi connectivity index (χ3v) is 2.54. The Morgan fingerprint density at radius 2 is 1.95 bits per heavy atom. The maximum absolute atomic E-state index is 12.5. The summed E-state index contributed by atoms with van der Waals surface area (Å²) in [7, 11) is 0. The van der Waals surface area contributed by atoms with Crippen LogP contribution in [-0.4, -0.2) is 4.98 Å². The number of hydrogen-bond donors (Lipinski definition) is 0. The smallest absolute Gasteiger partial charge is 0.416 e. The normalized spacial score (nSPS) is 10.9. The minimum atomic E-state index is -4.49. The van der Waals surface area contributed by atoms with E-state index < -0.39 is 11.7 Å². The first-order valence-electron chi connectivity index (χ1n) is 5.62. The van der Waals surface area contributed by atoms with Crippen molar-refractivity contribution in [2.24, 2.45) is 0 Å². The molecule has 2 rings (SSSR count). The molecule has 0 amide bonds. The Kier molecular flexibility index (Phi) is 3.61. The van der Waals surface area contributed by atoms with E-state index in [-0.39, 0.29) is 11.3 Å². The molecular weight excluding hydrogens is 269 g/mol. The molecule has 0 aliphatic heterocycles. The fraction of sp³-hybridized carbons (Fsp3) is 0.143. The van der Waals surface area contributed by atoms with Gasteiger partial charge in [0.05, 0.1) is 17.3 Å². The van der Waals surface area contributed by atoms with Crippen molar-refractivity contribution >= 4 is 0 Å². The van der Waals surface area contributed by atoms with Gasteiger partial charge in [-0.1, -0.05) is 0 Å². The van der Waals surface area contributed by atoms with E-state index in [1.807, 2.05) is 0 Å². The Bertz CT molecular complexity index is 658. The molecule has 0 aliphatic rings. The molecule has 0 aliphatic carbocycles. The highest BCUT2D eigenvalue weighted by molar-refractivity contribution is 5.47. The van der Waals surface area contributed by atoms with Crippen LogP contribution in [0.5, 0.6) is 11.5 Å². The van der Waals surface area contributed by atoms with Gasteiger partial charge in [-0.25, -0.2) is 0 Å². The van der Waals surface area contributed by atoms with E-state index in [1.165, 1.54) is 6.20 Å². The van der Waals surface area contributed by atoms with Gasteiger partial charge in [-0.3, -0.25) is 4.98 Å². The van der Waals surface area contributed by atoms with E-state index in [9.17, 15) is 13.2 Å². The van der Waals surface area contributed by atoms with Crippen molar-refractivity contribution in [3.8, 4) is 17.6 Å². The summed E-state index contributed by atoms with van der Waals surface area (Å²) in [5, 5.41) is 8.92. The molecule has 1 aromatic heterocycles. The zero-order chi connectivity index (χ0) is 14.8. The summed E-state index contributed by atoms with van der Waals surface area (Å²) in [6.07, 6.45) is -3.05. The second-order valence-electron chi connectivity index (χ2n) is 4.06. The maximum atomic E-state index is 12.5. The minimum Gasteiger partial charge on any atom is -0.454 e. The number of ether oxygens (including phenoxy) is 1. The van der Waals surface area contributed by atoms with Gasteiger partial charge in [-0.05, 0) is 37.3 Å². The molecule has 0 saturated carbocycles. The Morgan fingerprint density at radius 3 is 2.50 bits per heavy atom. The summed E-state index contributed by atoms with van der Waals surface area (Å²) in [6, 6.07) is 7.78. The van der Waals surface area contributed by atoms with Gasteiger partial charge in [0, 0.05) is 5.69 Å². The molecule has 2 aromatic rings. The first-order valence-corrected chi connectivity index (χ1v) is 5.62. The lowest BCUT2D eigenvalue weighted by molar-refractivity contribution is -0.137. The van der Waals surface area contributed by atoms with Gasteiger partial charge in [-0.2, -0.15) is 18.4 Å². The van der Waals surface area contributed by atoms with Crippen LogP contribution in [0.3, 0.4) is 0 Å². The van der Waals surface area contributed by atoms with Crippen molar-refractivity contribution in [1.82, 2.24) is 4.98 Å². The molecule has 0 unspecified atom stereocenters. The number of hydrogen-bond acceptors (Lipinski definition) is 3. The SMILES string of the molecule is Cc1ccc(Oc2ccc(C(F)(F)F)cc2C#N)cn1. The zero-order valence-electron chi connectivity index (χ0n) is 10.4. The molecule has 0 spiro atoms. The fourth-order valence-electron chi connectivity index (χ4n) is 1.52. The number of halogens is 3. The van der Waals surface area contributed by atoms with Crippen molar-refractivity contribution < 1.29 is 17.9 Å². The van der Waals surface area contributed by atoms with E-state index in [4.69, 9.17) is 10.00 Å². The number of nitrogens with zero attached hydrogens (tertiary/aromatic N) is 2. The Hall–Kier alpha value is -2.55. The first kappa shape index (κ1) is 13.9. The first-order chi connectivity index (χ1) is 9.40. The van der Waals surface area contributed by atoms with Gasteiger partial charge in [0.15, 0.2) is 0 Å². The quantitative estimate of drug-likeness (QED) is 0.831. The van der Waals surface area contributed by atoms with E-state index >= 15 is 0 Å². The summed E-state index contributed by atoms with van der Waals surface area (Å²) in [5.41, 5.74) is -0.283. The highest BCUT2D eigenvalue weighted by Crippen LogP contribution is 2.33. The Balaban J connectivity index is 2.33. The van der Waals surface area contributed by atoms with E-state index in [0.717, 1.165) is 23.9 Å². The summed E-state index contributed by atoms with van der Waals surface area (Å²) < 4.78 is 43.0. The molecule has 0 atom stereocenters. The van der Waals surface area contributed by atoms with E-state index in [0.29, 0.717) is 5.75 Å². The summed E-state index contributed by atoms with van der Waals surface area (Å²) >= 11 is 0. The average Bonchev–Trinajstić information content (AvgIpc) is 2.40. The van der Waals surface area contributed by atoms with Gasteiger partial charge in [0.2, 0.25) is 0 Å². The van der Waals surface area contributed by atoms with Crippen LogP contribution in [-0.2, 0) is 6.18 Å². The fourth-order valence-corrected chi connectivity index (χ4v) is 1.52. The molecule has 0 saturated heterocycles. The minimum absolute atomic E-state index is 0.0613. The van der Waals surface area contributed by atoms with Gasteiger partial charge in [-0.15, -0.1) is 0 Å². The van der Waals surface area contributed by atoms with Crippen molar-refractivity contribution in [3.63, 3.8) is 0 Å². The van der Waals surface area contributed by atoms with Gasteiger partial charge >= 0.3 is 6.18 Å². The molecule has 1 aromatic carbocycles. The van der Waals surface area contributed by atoms with Crippen LogP contribution < -0.4 is 4.74 Å². The number of alkyl halides is 3. The van der Waals surface area contributed by atoms with Crippen LogP contribution in [0.2, 0.25) is 0 Å². The zero-order valence-corrected chi connectivity index (χ0v) is 10.4. The van der Waals surface area contributed by atoms with Crippen LogP contribution >= 0.6 is 0 Å². The molecule has 102 valence electrons. The molecule has 6 heteroatoms. The maximum Gasteiger partial charge on any atom is 0.416 e. The Morgan fingerprint density at radius 1 is 1.20 bits per heavy atom. The third-order valence-electron chi connectivity index (χ3n) is 2.54. The number of aryl methyl sites for hydroxylation is 1. The highest BCUT2D eigenvalue weighted by atomic mass is 19.4. The largest absolute Gasteiger partial charge is 0.454 e. The molecule has 0 N–H and O–H groups in total. The van der Waals surface area contributed by atoms with E-state index in [2.05, 4.69) is 4.98 Å². The van der Waals surface area contributed by atoms with Crippen molar-refractivity contribution in [2.45, 2.75) is 13.1 Å². The lowest BCUT2D eigenvalue weighted by atomic mass is 10.1. The van der Waals surface area contributed by atoms with E-state index in [1.54, 1.807) is 25.1 Å². The molecule has 0 radical (unpaired) electrons. The summed E-state index contributed by atoms with van der Waals surface area (Å²) in [6.45, 7) is 1.79. The molecule has 20 heavy (non-hydrogen) atoms. The van der Waals surface area contributed by atoms with Gasteiger partial charge in [0.25, 0.3) is 0 Å². The van der Waals surface area contributed by atoms with Gasteiger partial charge < -0.3 is 4.74 Å². The standard InChI is InChI=1S/C14H9F3N2O/c1-9-2-4-12(8-19-9)20-13-5-3-11(14(15,16)17)6-10(13)7-18/h2-6,8H,1H3. The lowest BCUT2D eigenvalue weighted by Crippen LogP contribution is -2.05. The number of rotatable bonds is 2. The summed E-state index contributed by atoms with van der Waals surface area (Å²) in [5.74, 6) is 0.415. The summed E-state index contributed by atoms with van der Waals surface area (Å²) in [4.78, 5) is 4.00.